The van der Waals surface area contributed by atoms with E-state index >= 15 is 0 Å². The van der Waals surface area contributed by atoms with Gasteiger partial charge in [0.2, 0.25) is 5.91 Å². The number of nitrogens with one attached hydrogen (secondary N) is 1. The summed E-state index contributed by atoms with van der Waals surface area (Å²) in [6.07, 6.45) is 46.0. The Bertz CT molecular complexity index is 812. The van der Waals surface area contributed by atoms with Gasteiger partial charge in [0.1, 0.15) is 12.2 Å². The van der Waals surface area contributed by atoms with Crippen molar-refractivity contribution in [1.82, 2.24) is 5.32 Å². The molecule has 0 aromatic rings. The number of allylic oxidation sites excluding steroid dienone is 6. The van der Waals surface area contributed by atoms with Crippen molar-refractivity contribution in [3.63, 3.8) is 0 Å². The third kappa shape index (κ3) is 34.1. The third-order valence-electron chi connectivity index (χ3n) is 10.1. The molecular weight excluding hydrogens is 634 g/mol. The van der Waals surface area contributed by atoms with Gasteiger partial charge < -0.3 is 25.7 Å². The Morgan fingerprint density at radius 2 is 0.824 bits per heavy atom. The van der Waals surface area contributed by atoms with Crippen LogP contribution in [-0.4, -0.2) is 57.3 Å². The first-order valence-corrected chi connectivity index (χ1v) is 21.9. The molecule has 0 aliphatic carbocycles. The lowest BCUT2D eigenvalue weighted by atomic mass is 10.00. The van der Waals surface area contributed by atoms with Crippen LogP contribution in [0.15, 0.2) is 36.5 Å². The van der Waals surface area contributed by atoms with Crippen molar-refractivity contribution < 1.29 is 25.2 Å². The van der Waals surface area contributed by atoms with Gasteiger partial charge in [0.05, 0.1) is 18.8 Å². The van der Waals surface area contributed by atoms with Crippen LogP contribution in [0.3, 0.4) is 0 Å². The van der Waals surface area contributed by atoms with Crippen molar-refractivity contribution in [1.29, 1.82) is 0 Å². The van der Waals surface area contributed by atoms with E-state index in [2.05, 4.69) is 55.6 Å². The number of aliphatic hydroxyl groups excluding tert-OH is 4. The van der Waals surface area contributed by atoms with Crippen LogP contribution in [0.25, 0.3) is 0 Å². The molecule has 6 nitrogen and oxygen atoms in total. The van der Waals surface area contributed by atoms with Crippen LogP contribution in [0.2, 0.25) is 0 Å². The molecule has 0 aliphatic rings. The highest BCUT2D eigenvalue weighted by Crippen LogP contribution is 2.14. The topological polar surface area (TPSA) is 110 Å². The molecule has 4 unspecified atom stereocenters. The molecule has 5 N–H and O–H groups in total. The number of rotatable bonds is 39. The Labute approximate surface area is 316 Å². The second-order valence-corrected chi connectivity index (χ2v) is 15.0. The average Bonchev–Trinajstić information content (AvgIpc) is 3.13. The Morgan fingerprint density at radius 3 is 1.24 bits per heavy atom. The fourth-order valence-corrected chi connectivity index (χ4v) is 6.53. The molecule has 0 fully saturated rings. The van der Waals surface area contributed by atoms with Crippen LogP contribution < -0.4 is 5.32 Å². The summed E-state index contributed by atoms with van der Waals surface area (Å²) >= 11 is 0. The van der Waals surface area contributed by atoms with E-state index in [1.54, 1.807) is 0 Å². The zero-order chi connectivity index (χ0) is 37.5. The molecule has 0 spiro atoms. The SMILES string of the molecule is CCCCCCCCC/C=C/CC/C=C/CCCC(O)C(O)C(CO)NC(=O)C(O)CCCCCCCC/C=C\CCCCCCCCCCC. The maximum absolute atomic E-state index is 12.5. The quantitative estimate of drug-likeness (QED) is 0.0321. The van der Waals surface area contributed by atoms with Gasteiger partial charge in [-0.05, 0) is 77.0 Å². The Balaban J connectivity index is 3.82. The summed E-state index contributed by atoms with van der Waals surface area (Å²) in [5, 5.41) is 43.6. The van der Waals surface area contributed by atoms with Crippen LogP contribution in [0.4, 0.5) is 0 Å². The average molecular weight is 720 g/mol. The van der Waals surface area contributed by atoms with E-state index in [1.807, 2.05) is 0 Å². The number of unbranched alkanes of at least 4 members (excludes halogenated alkanes) is 24. The molecule has 0 saturated heterocycles. The molecule has 0 bridgehead atoms. The lowest BCUT2D eigenvalue weighted by molar-refractivity contribution is -0.132. The minimum atomic E-state index is -1.29. The van der Waals surface area contributed by atoms with Crippen LogP contribution in [-0.2, 0) is 4.79 Å². The van der Waals surface area contributed by atoms with Crippen molar-refractivity contribution in [3.05, 3.63) is 36.5 Å². The normalized spacial score (nSPS) is 14.5. The molecule has 0 saturated carbocycles. The number of carbonyl (C=O) groups excluding carboxylic acids is 1. The fraction of sp³-hybridized carbons (Fsp3) is 0.844. The van der Waals surface area contributed by atoms with Crippen molar-refractivity contribution in [3.8, 4) is 0 Å². The standard InChI is InChI=1S/C45H85NO5/c1-3-5-7-9-11-13-15-17-19-21-22-23-25-27-29-31-33-35-37-39-43(49)45(51)46-41(40-47)44(50)42(48)38-36-34-32-30-28-26-24-20-18-16-14-12-10-8-6-4-2/h20,22-24,30,32,41-44,47-50H,3-19,21,25-29,31,33-40H2,1-2H3,(H,46,51)/b23-22-,24-20+,32-30+. The highest BCUT2D eigenvalue weighted by Gasteiger charge is 2.28. The second-order valence-electron chi connectivity index (χ2n) is 15.0. The smallest absolute Gasteiger partial charge is 0.249 e. The number of hydrogen-bond donors (Lipinski definition) is 5. The summed E-state index contributed by atoms with van der Waals surface area (Å²) in [6, 6.07) is -1.01. The summed E-state index contributed by atoms with van der Waals surface area (Å²) in [4.78, 5) is 12.5. The minimum Gasteiger partial charge on any atom is -0.394 e. The van der Waals surface area contributed by atoms with Gasteiger partial charge in [-0.1, -0.05) is 172 Å². The second kappa shape index (κ2) is 39.7. The summed E-state index contributed by atoms with van der Waals surface area (Å²) in [5.74, 6) is -0.603. The van der Waals surface area contributed by atoms with Crippen LogP contribution >= 0.6 is 0 Å². The number of hydrogen-bond acceptors (Lipinski definition) is 5. The van der Waals surface area contributed by atoms with Gasteiger partial charge in [-0.2, -0.15) is 0 Å². The van der Waals surface area contributed by atoms with E-state index in [-0.39, 0.29) is 0 Å². The van der Waals surface area contributed by atoms with Gasteiger partial charge in [-0.3, -0.25) is 4.79 Å². The van der Waals surface area contributed by atoms with Crippen molar-refractivity contribution in [2.24, 2.45) is 0 Å². The van der Waals surface area contributed by atoms with Gasteiger partial charge in [-0.25, -0.2) is 0 Å². The molecular formula is C45H85NO5. The van der Waals surface area contributed by atoms with E-state index in [0.29, 0.717) is 19.3 Å². The highest BCUT2D eigenvalue weighted by atomic mass is 16.3. The van der Waals surface area contributed by atoms with E-state index in [4.69, 9.17) is 0 Å². The molecule has 0 heterocycles. The molecule has 4 atom stereocenters. The van der Waals surface area contributed by atoms with Crippen molar-refractivity contribution in [2.75, 3.05) is 6.61 Å². The first kappa shape index (κ1) is 49.5. The number of carbonyl (C=O) groups is 1. The number of aliphatic hydroxyl groups is 4. The monoisotopic (exact) mass is 720 g/mol. The Hall–Kier alpha value is -1.47. The molecule has 0 aromatic heterocycles. The molecule has 6 heteroatoms. The highest BCUT2D eigenvalue weighted by molar-refractivity contribution is 5.80. The summed E-state index contributed by atoms with van der Waals surface area (Å²) in [7, 11) is 0. The molecule has 0 rings (SSSR count). The van der Waals surface area contributed by atoms with E-state index in [9.17, 15) is 25.2 Å². The maximum atomic E-state index is 12.5. The molecule has 1 amide bonds. The summed E-state index contributed by atoms with van der Waals surface area (Å²) in [6.45, 7) is 4.02. The largest absolute Gasteiger partial charge is 0.394 e. The predicted molar refractivity (Wildman–Crippen MR) is 219 cm³/mol. The molecule has 0 aromatic carbocycles. The first-order valence-electron chi connectivity index (χ1n) is 21.9. The molecule has 300 valence electrons. The maximum Gasteiger partial charge on any atom is 0.249 e. The van der Waals surface area contributed by atoms with E-state index < -0.39 is 36.9 Å². The van der Waals surface area contributed by atoms with Crippen molar-refractivity contribution in [2.45, 2.75) is 237 Å². The lowest BCUT2D eigenvalue weighted by Gasteiger charge is -2.27. The van der Waals surface area contributed by atoms with Gasteiger partial charge in [0.15, 0.2) is 0 Å². The third-order valence-corrected chi connectivity index (χ3v) is 10.1. The van der Waals surface area contributed by atoms with Crippen molar-refractivity contribution >= 4 is 5.91 Å². The van der Waals surface area contributed by atoms with Crippen LogP contribution in [0.1, 0.15) is 213 Å². The van der Waals surface area contributed by atoms with Crippen LogP contribution in [0.5, 0.6) is 0 Å². The Morgan fingerprint density at radius 1 is 0.471 bits per heavy atom. The first-order chi connectivity index (χ1) is 25.0. The summed E-state index contributed by atoms with van der Waals surface area (Å²) < 4.78 is 0. The lowest BCUT2D eigenvalue weighted by Crippen LogP contribution is -2.53. The zero-order valence-corrected chi connectivity index (χ0v) is 33.6. The van der Waals surface area contributed by atoms with Gasteiger partial charge in [-0.15, -0.1) is 0 Å². The fourth-order valence-electron chi connectivity index (χ4n) is 6.53. The zero-order valence-electron chi connectivity index (χ0n) is 33.6. The summed E-state index contributed by atoms with van der Waals surface area (Å²) in [5.41, 5.74) is 0. The van der Waals surface area contributed by atoms with E-state index in [0.717, 1.165) is 51.4 Å². The minimum absolute atomic E-state index is 0.353. The molecule has 51 heavy (non-hydrogen) atoms. The van der Waals surface area contributed by atoms with Gasteiger partial charge in [0, 0.05) is 0 Å². The van der Waals surface area contributed by atoms with E-state index in [1.165, 1.54) is 128 Å². The van der Waals surface area contributed by atoms with Crippen LogP contribution in [0, 0.1) is 0 Å². The van der Waals surface area contributed by atoms with Gasteiger partial charge >= 0.3 is 0 Å². The number of amides is 1. The molecule has 0 radical (unpaired) electrons. The Kier molecular flexibility index (Phi) is 38.6. The molecule has 0 aliphatic heterocycles. The predicted octanol–water partition coefficient (Wildman–Crippen LogP) is 11.3. The van der Waals surface area contributed by atoms with Gasteiger partial charge in [0.25, 0.3) is 0 Å².